The van der Waals surface area contributed by atoms with Crippen molar-refractivity contribution in [2.75, 3.05) is 5.32 Å². The Morgan fingerprint density at radius 3 is 2.80 bits per heavy atom. The molecule has 0 radical (unpaired) electrons. The molecular weight excluding hydrogens is 250 g/mol. The number of nitrogens with one attached hydrogen (secondary N) is 1. The van der Waals surface area contributed by atoms with Crippen LogP contribution in [0.15, 0.2) is 18.2 Å². The molecule has 0 saturated heterocycles. The number of benzene rings is 1. The SMILES string of the molecule is Cc1ccc(C)c(C2CC(=O)Nc3c2c(C)nn3C)c1. The molecule has 2 aromatic rings. The van der Waals surface area contributed by atoms with Gasteiger partial charge in [-0.1, -0.05) is 23.8 Å². The molecule has 0 aliphatic carbocycles. The molecule has 104 valence electrons. The summed E-state index contributed by atoms with van der Waals surface area (Å²) in [6.07, 6.45) is 0.490. The summed E-state index contributed by atoms with van der Waals surface area (Å²) in [5.74, 6) is 1.00. The lowest BCUT2D eigenvalue weighted by molar-refractivity contribution is -0.116. The largest absolute Gasteiger partial charge is 0.311 e. The zero-order valence-corrected chi connectivity index (χ0v) is 12.3. The maximum Gasteiger partial charge on any atom is 0.226 e. The van der Waals surface area contributed by atoms with Gasteiger partial charge in [0.1, 0.15) is 5.82 Å². The first-order chi connectivity index (χ1) is 9.47. The van der Waals surface area contributed by atoms with Gasteiger partial charge in [-0.2, -0.15) is 5.10 Å². The van der Waals surface area contributed by atoms with Gasteiger partial charge in [0.2, 0.25) is 5.91 Å². The average molecular weight is 269 g/mol. The number of amides is 1. The van der Waals surface area contributed by atoms with E-state index in [1.807, 2.05) is 14.0 Å². The summed E-state index contributed by atoms with van der Waals surface area (Å²) in [7, 11) is 1.87. The number of nitrogens with zero attached hydrogens (tertiary/aromatic N) is 2. The predicted octanol–water partition coefficient (Wildman–Crippen LogP) is 2.82. The minimum absolute atomic E-state index is 0.0615. The molecule has 4 nitrogen and oxygen atoms in total. The molecule has 0 spiro atoms. The Morgan fingerprint density at radius 1 is 1.30 bits per heavy atom. The number of carbonyl (C=O) groups is 1. The zero-order valence-electron chi connectivity index (χ0n) is 12.3. The first-order valence-electron chi connectivity index (χ1n) is 6.88. The smallest absolute Gasteiger partial charge is 0.226 e. The van der Waals surface area contributed by atoms with Crippen molar-refractivity contribution in [2.24, 2.45) is 7.05 Å². The monoisotopic (exact) mass is 269 g/mol. The number of fused-ring (bicyclic) bond motifs is 1. The molecule has 1 unspecified atom stereocenters. The minimum atomic E-state index is 0.0615. The zero-order chi connectivity index (χ0) is 14.4. The van der Waals surface area contributed by atoms with Gasteiger partial charge in [-0.15, -0.1) is 0 Å². The number of carbonyl (C=O) groups excluding carboxylic acids is 1. The van der Waals surface area contributed by atoms with Crippen molar-refractivity contribution in [1.82, 2.24) is 9.78 Å². The summed E-state index contributed by atoms with van der Waals surface area (Å²) >= 11 is 0. The van der Waals surface area contributed by atoms with E-state index < -0.39 is 0 Å². The molecule has 20 heavy (non-hydrogen) atoms. The van der Waals surface area contributed by atoms with Gasteiger partial charge in [-0.25, -0.2) is 0 Å². The lowest BCUT2D eigenvalue weighted by Gasteiger charge is -2.25. The number of hydrogen-bond donors (Lipinski definition) is 1. The quantitative estimate of drug-likeness (QED) is 0.865. The Kier molecular flexibility index (Phi) is 2.89. The standard InChI is InChI=1S/C16H19N3O/c1-9-5-6-10(2)12(7-9)13-8-14(20)17-16-15(13)11(3)18-19(16)4/h5-7,13H,8H2,1-4H3,(H,17,20). The molecule has 1 amide bonds. The van der Waals surface area contributed by atoms with E-state index in [-0.39, 0.29) is 11.8 Å². The van der Waals surface area contributed by atoms with E-state index in [9.17, 15) is 4.79 Å². The van der Waals surface area contributed by atoms with Crippen molar-refractivity contribution >= 4 is 11.7 Å². The van der Waals surface area contributed by atoms with E-state index in [2.05, 4.69) is 42.5 Å². The Hall–Kier alpha value is -2.10. The average Bonchev–Trinajstić information content (AvgIpc) is 2.67. The second-order valence-electron chi connectivity index (χ2n) is 5.64. The fourth-order valence-corrected chi connectivity index (χ4v) is 3.11. The molecule has 1 aliphatic heterocycles. The summed E-state index contributed by atoms with van der Waals surface area (Å²) in [6.45, 7) is 6.20. The van der Waals surface area contributed by atoms with Crippen LogP contribution in [0, 0.1) is 20.8 Å². The Morgan fingerprint density at radius 2 is 2.05 bits per heavy atom. The van der Waals surface area contributed by atoms with Crippen LogP contribution in [0.5, 0.6) is 0 Å². The lowest BCUT2D eigenvalue weighted by atomic mass is 9.83. The highest BCUT2D eigenvalue weighted by Gasteiger charge is 2.32. The van der Waals surface area contributed by atoms with E-state index >= 15 is 0 Å². The van der Waals surface area contributed by atoms with Crippen molar-refractivity contribution in [2.45, 2.75) is 33.1 Å². The van der Waals surface area contributed by atoms with Crippen LogP contribution in [-0.4, -0.2) is 15.7 Å². The van der Waals surface area contributed by atoms with Crippen LogP contribution in [0.4, 0.5) is 5.82 Å². The maximum atomic E-state index is 12.0. The van der Waals surface area contributed by atoms with E-state index in [0.717, 1.165) is 17.1 Å². The van der Waals surface area contributed by atoms with E-state index in [4.69, 9.17) is 0 Å². The van der Waals surface area contributed by atoms with E-state index in [0.29, 0.717) is 6.42 Å². The predicted molar refractivity (Wildman–Crippen MR) is 79.0 cm³/mol. The van der Waals surface area contributed by atoms with Gasteiger partial charge in [-0.3, -0.25) is 9.48 Å². The van der Waals surface area contributed by atoms with E-state index in [1.165, 1.54) is 16.7 Å². The molecule has 1 aromatic heterocycles. The number of aromatic nitrogens is 2. The second-order valence-corrected chi connectivity index (χ2v) is 5.64. The first-order valence-corrected chi connectivity index (χ1v) is 6.88. The van der Waals surface area contributed by atoms with Gasteiger partial charge < -0.3 is 5.32 Å². The third kappa shape index (κ3) is 1.92. The molecule has 0 saturated carbocycles. The Bertz CT molecular complexity index is 700. The van der Waals surface area contributed by atoms with Crippen molar-refractivity contribution < 1.29 is 4.79 Å². The third-order valence-electron chi connectivity index (χ3n) is 4.07. The maximum absolute atomic E-state index is 12.0. The van der Waals surface area contributed by atoms with Gasteiger partial charge in [0, 0.05) is 24.9 Å². The molecule has 3 rings (SSSR count). The molecule has 2 heterocycles. The van der Waals surface area contributed by atoms with Crippen LogP contribution >= 0.6 is 0 Å². The normalized spacial score (nSPS) is 17.8. The lowest BCUT2D eigenvalue weighted by Crippen LogP contribution is -2.25. The summed E-state index contributed by atoms with van der Waals surface area (Å²) in [5.41, 5.74) is 5.83. The van der Waals surface area contributed by atoms with Crippen LogP contribution in [-0.2, 0) is 11.8 Å². The highest BCUT2D eigenvalue weighted by Crippen LogP contribution is 2.40. The minimum Gasteiger partial charge on any atom is -0.311 e. The second kappa shape index (κ2) is 4.47. The van der Waals surface area contributed by atoms with Crippen molar-refractivity contribution in [3.05, 3.63) is 46.1 Å². The first kappa shape index (κ1) is 12.9. The molecular formula is C16H19N3O. The van der Waals surface area contributed by atoms with Crippen molar-refractivity contribution in [3.8, 4) is 0 Å². The van der Waals surface area contributed by atoms with Crippen molar-refractivity contribution in [1.29, 1.82) is 0 Å². The van der Waals surface area contributed by atoms with Crippen LogP contribution < -0.4 is 5.32 Å². The number of hydrogen-bond acceptors (Lipinski definition) is 2. The van der Waals surface area contributed by atoms with Crippen LogP contribution in [0.1, 0.15) is 40.3 Å². The fraction of sp³-hybridized carbons (Fsp3) is 0.375. The van der Waals surface area contributed by atoms with Crippen molar-refractivity contribution in [3.63, 3.8) is 0 Å². The third-order valence-corrected chi connectivity index (χ3v) is 4.07. The van der Waals surface area contributed by atoms with Gasteiger partial charge in [0.05, 0.1) is 5.69 Å². The molecule has 0 bridgehead atoms. The molecule has 1 N–H and O–H groups in total. The number of aryl methyl sites for hydroxylation is 4. The highest BCUT2D eigenvalue weighted by molar-refractivity contribution is 5.94. The van der Waals surface area contributed by atoms with Crippen LogP contribution in [0.25, 0.3) is 0 Å². The Labute approximate surface area is 118 Å². The molecule has 1 atom stereocenters. The fourth-order valence-electron chi connectivity index (χ4n) is 3.11. The summed E-state index contributed by atoms with van der Waals surface area (Å²) < 4.78 is 1.76. The molecule has 4 heteroatoms. The Balaban J connectivity index is 2.20. The number of anilines is 1. The van der Waals surface area contributed by atoms with Gasteiger partial charge in [0.15, 0.2) is 0 Å². The topological polar surface area (TPSA) is 46.9 Å². The van der Waals surface area contributed by atoms with Crippen LogP contribution in [0.3, 0.4) is 0 Å². The summed E-state index contributed by atoms with van der Waals surface area (Å²) in [6, 6.07) is 6.43. The van der Waals surface area contributed by atoms with Gasteiger partial charge >= 0.3 is 0 Å². The van der Waals surface area contributed by atoms with Crippen LogP contribution in [0.2, 0.25) is 0 Å². The van der Waals surface area contributed by atoms with E-state index in [1.54, 1.807) is 4.68 Å². The molecule has 1 aromatic carbocycles. The number of rotatable bonds is 1. The highest BCUT2D eigenvalue weighted by atomic mass is 16.1. The van der Waals surface area contributed by atoms with Gasteiger partial charge in [-0.05, 0) is 31.9 Å². The molecule has 1 aliphatic rings. The summed E-state index contributed by atoms with van der Waals surface area (Å²) in [4.78, 5) is 12.0. The summed E-state index contributed by atoms with van der Waals surface area (Å²) in [5, 5.41) is 7.40. The molecule has 0 fully saturated rings. The van der Waals surface area contributed by atoms with Gasteiger partial charge in [0.25, 0.3) is 0 Å².